The van der Waals surface area contributed by atoms with E-state index in [2.05, 4.69) is 48.0 Å². The molecule has 2 aromatic carbocycles. The number of carbonyl (C=O) groups is 2. The lowest BCUT2D eigenvalue weighted by Crippen LogP contribution is -2.42. The van der Waals surface area contributed by atoms with Crippen LogP contribution in [0, 0.1) is 0 Å². The number of rotatable bonds is 4. The Kier molecular flexibility index (Phi) is 5.86. The molecular weight excluding hydrogens is 428 g/mol. The van der Waals surface area contributed by atoms with E-state index in [-0.39, 0.29) is 17.2 Å². The van der Waals surface area contributed by atoms with Crippen molar-refractivity contribution in [3.05, 3.63) is 69.8 Å². The van der Waals surface area contributed by atoms with Gasteiger partial charge < -0.3 is 4.74 Å². The van der Waals surface area contributed by atoms with Crippen LogP contribution in [0.4, 0.5) is 0 Å². The first-order valence-electron chi connectivity index (χ1n) is 9.74. The number of alkyl halides is 1. The highest BCUT2D eigenvalue weighted by atomic mass is 79.9. The van der Waals surface area contributed by atoms with Crippen LogP contribution in [0.3, 0.4) is 0 Å². The van der Waals surface area contributed by atoms with Gasteiger partial charge in [-0.05, 0) is 59.2 Å². The third-order valence-corrected chi connectivity index (χ3v) is 6.52. The Hall–Kier alpha value is -2.20. The van der Waals surface area contributed by atoms with Gasteiger partial charge in [0.05, 0.1) is 12.7 Å². The lowest BCUT2D eigenvalue weighted by molar-refractivity contribution is -0.125. The summed E-state index contributed by atoms with van der Waals surface area (Å²) in [4.78, 5) is 24.4. The first-order valence-corrected chi connectivity index (χ1v) is 10.9. The number of ketones is 1. The molecule has 29 heavy (non-hydrogen) atoms. The van der Waals surface area contributed by atoms with E-state index < -0.39 is 5.41 Å². The van der Waals surface area contributed by atoms with Gasteiger partial charge in [0.1, 0.15) is 5.78 Å². The summed E-state index contributed by atoms with van der Waals surface area (Å²) in [6, 6.07) is 11.7. The van der Waals surface area contributed by atoms with Crippen LogP contribution in [0.15, 0.2) is 36.4 Å². The number of Topliss-reactive ketones (excluding diaryl/α,β-unsaturated/α-hetero) is 1. The Morgan fingerprint density at radius 1 is 1.07 bits per heavy atom. The van der Waals surface area contributed by atoms with E-state index in [1.165, 1.54) is 18.2 Å². The summed E-state index contributed by atoms with van der Waals surface area (Å²) >= 11 is 3.62. The van der Waals surface area contributed by atoms with Gasteiger partial charge in [-0.2, -0.15) is 0 Å². The highest BCUT2D eigenvalue weighted by molar-refractivity contribution is 9.08. The monoisotopic (exact) mass is 454 g/mol. The first kappa shape index (κ1) is 21.5. The van der Waals surface area contributed by atoms with Crippen molar-refractivity contribution < 1.29 is 14.3 Å². The molecule has 0 atom stereocenters. The molecule has 0 heterocycles. The zero-order valence-corrected chi connectivity index (χ0v) is 19.2. The minimum atomic E-state index is -0.486. The molecule has 0 aromatic heterocycles. The molecule has 1 aliphatic rings. The number of carbonyl (C=O) groups excluding carboxylic acids is 2. The molecule has 3 nitrogen and oxygen atoms in total. The SMILES string of the molecule is COC(=O)c1ccc(/C=C/c2cc3c(cc2CBr)C(C)(C)CC(=O)C3(C)C)cc1. The summed E-state index contributed by atoms with van der Waals surface area (Å²) in [6.45, 7) is 8.34. The molecule has 0 amide bonds. The zero-order valence-electron chi connectivity index (χ0n) is 17.6. The zero-order chi connectivity index (χ0) is 21.4. The molecule has 0 radical (unpaired) electrons. The molecule has 1 aliphatic carbocycles. The number of esters is 1. The normalized spacial score (nSPS) is 17.2. The number of methoxy groups -OCH3 is 1. The Morgan fingerprint density at radius 2 is 1.72 bits per heavy atom. The van der Waals surface area contributed by atoms with Crippen molar-refractivity contribution >= 4 is 39.8 Å². The lowest BCUT2D eigenvalue weighted by Gasteiger charge is -2.41. The van der Waals surface area contributed by atoms with Gasteiger partial charge in [0.2, 0.25) is 0 Å². The van der Waals surface area contributed by atoms with Gasteiger partial charge in [0.15, 0.2) is 0 Å². The standard InChI is InChI=1S/C25H27BrO3/c1-24(2)14-22(27)25(3,4)21-12-18(19(15-26)13-20(21)24)11-8-16-6-9-17(10-7-16)23(28)29-5/h6-13H,14-15H2,1-5H3/b11-8+. The van der Waals surface area contributed by atoms with E-state index in [1.54, 1.807) is 12.1 Å². The van der Waals surface area contributed by atoms with Crippen molar-refractivity contribution in [1.29, 1.82) is 0 Å². The summed E-state index contributed by atoms with van der Waals surface area (Å²) in [6.07, 6.45) is 4.67. The summed E-state index contributed by atoms with van der Waals surface area (Å²) in [5.74, 6) is -0.0544. The molecular formula is C25H27BrO3. The van der Waals surface area contributed by atoms with Crippen LogP contribution in [0.25, 0.3) is 12.2 Å². The van der Waals surface area contributed by atoms with Crippen LogP contribution in [-0.4, -0.2) is 18.9 Å². The summed E-state index contributed by atoms with van der Waals surface area (Å²) in [5.41, 5.74) is 5.54. The van der Waals surface area contributed by atoms with Crippen molar-refractivity contribution in [3.63, 3.8) is 0 Å². The van der Waals surface area contributed by atoms with Crippen LogP contribution in [-0.2, 0) is 25.7 Å². The number of halogens is 1. The van der Waals surface area contributed by atoms with Crippen molar-refractivity contribution in [1.82, 2.24) is 0 Å². The molecule has 152 valence electrons. The molecule has 0 saturated carbocycles. The fraction of sp³-hybridized carbons (Fsp3) is 0.360. The minimum Gasteiger partial charge on any atom is -0.465 e. The largest absolute Gasteiger partial charge is 0.465 e. The molecule has 0 bridgehead atoms. The van der Waals surface area contributed by atoms with Gasteiger partial charge in [-0.25, -0.2) is 4.79 Å². The summed E-state index contributed by atoms with van der Waals surface area (Å²) in [5, 5.41) is 0.742. The summed E-state index contributed by atoms with van der Waals surface area (Å²) in [7, 11) is 1.38. The predicted molar refractivity (Wildman–Crippen MR) is 121 cm³/mol. The smallest absolute Gasteiger partial charge is 0.337 e. The number of hydrogen-bond acceptors (Lipinski definition) is 3. The number of benzene rings is 2. The van der Waals surface area contributed by atoms with Crippen molar-refractivity contribution in [2.45, 2.75) is 50.3 Å². The second-order valence-electron chi connectivity index (χ2n) is 8.79. The van der Waals surface area contributed by atoms with Gasteiger partial charge in [-0.15, -0.1) is 0 Å². The van der Waals surface area contributed by atoms with E-state index in [0.29, 0.717) is 12.0 Å². The minimum absolute atomic E-state index is 0.162. The number of hydrogen-bond donors (Lipinski definition) is 0. The van der Waals surface area contributed by atoms with Crippen LogP contribution >= 0.6 is 15.9 Å². The van der Waals surface area contributed by atoms with Crippen LogP contribution < -0.4 is 0 Å². The maximum atomic E-state index is 12.8. The fourth-order valence-electron chi connectivity index (χ4n) is 3.91. The average Bonchev–Trinajstić information content (AvgIpc) is 2.70. The van der Waals surface area contributed by atoms with Gasteiger partial charge in [0, 0.05) is 17.2 Å². The number of fused-ring (bicyclic) bond motifs is 1. The second-order valence-corrected chi connectivity index (χ2v) is 9.35. The highest BCUT2D eigenvalue weighted by Crippen LogP contribution is 2.45. The maximum absolute atomic E-state index is 12.8. The third-order valence-electron chi connectivity index (χ3n) is 5.91. The molecule has 3 rings (SSSR count). The number of ether oxygens (including phenoxy) is 1. The van der Waals surface area contributed by atoms with E-state index in [9.17, 15) is 9.59 Å². The predicted octanol–water partition coefficient (Wildman–Crippen LogP) is 6.07. The lowest BCUT2D eigenvalue weighted by atomic mass is 9.62. The molecule has 2 aromatic rings. The second kappa shape index (κ2) is 7.91. The van der Waals surface area contributed by atoms with Crippen molar-refractivity contribution in [2.24, 2.45) is 0 Å². The summed E-state index contributed by atoms with van der Waals surface area (Å²) < 4.78 is 4.74. The van der Waals surface area contributed by atoms with Gasteiger partial charge in [0.25, 0.3) is 0 Å². The van der Waals surface area contributed by atoms with E-state index in [0.717, 1.165) is 22.0 Å². The van der Waals surface area contributed by atoms with E-state index >= 15 is 0 Å². The molecule has 0 N–H and O–H groups in total. The van der Waals surface area contributed by atoms with E-state index in [4.69, 9.17) is 4.74 Å². The molecule has 0 unspecified atom stereocenters. The highest BCUT2D eigenvalue weighted by Gasteiger charge is 2.43. The van der Waals surface area contributed by atoms with Crippen LogP contribution in [0.1, 0.15) is 72.3 Å². The van der Waals surface area contributed by atoms with Crippen molar-refractivity contribution in [3.8, 4) is 0 Å². The topological polar surface area (TPSA) is 43.4 Å². The molecule has 0 spiro atoms. The molecule has 0 saturated heterocycles. The molecule has 0 fully saturated rings. The Labute approximate surface area is 181 Å². The van der Waals surface area contributed by atoms with Gasteiger partial charge in [-0.3, -0.25) is 4.79 Å². The Bertz CT molecular complexity index is 982. The Morgan fingerprint density at radius 3 is 2.31 bits per heavy atom. The molecule has 4 heteroatoms. The van der Waals surface area contributed by atoms with Gasteiger partial charge >= 0.3 is 5.97 Å². The quantitative estimate of drug-likeness (QED) is 0.320. The Balaban J connectivity index is 2.02. The maximum Gasteiger partial charge on any atom is 0.337 e. The first-order chi connectivity index (χ1) is 13.6. The van der Waals surface area contributed by atoms with Crippen molar-refractivity contribution in [2.75, 3.05) is 7.11 Å². The van der Waals surface area contributed by atoms with Gasteiger partial charge in [-0.1, -0.05) is 66.2 Å². The molecule has 0 aliphatic heterocycles. The van der Waals surface area contributed by atoms with E-state index in [1.807, 2.05) is 32.1 Å². The van der Waals surface area contributed by atoms with Crippen LogP contribution in [0.2, 0.25) is 0 Å². The fourth-order valence-corrected chi connectivity index (χ4v) is 4.40. The average molecular weight is 455 g/mol. The third kappa shape index (κ3) is 4.09. The van der Waals surface area contributed by atoms with Crippen LogP contribution in [0.5, 0.6) is 0 Å².